The third-order valence-corrected chi connectivity index (χ3v) is 9.53. The molecule has 0 bridgehead atoms. The molecular weight excluding hydrogens is 640 g/mol. The normalized spacial score (nSPS) is 14.4. The summed E-state index contributed by atoms with van der Waals surface area (Å²) >= 11 is 6.51. The first-order valence-corrected chi connectivity index (χ1v) is 15.6. The highest BCUT2D eigenvalue weighted by Crippen LogP contribution is 2.38. The fourth-order valence-corrected chi connectivity index (χ4v) is 6.82. The fraction of sp³-hybridized carbons (Fsp3) is 0.276. The van der Waals surface area contributed by atoms with E-state index < -0.39 is 51.5 Å². The summed E-state index contributed by atoms with van der Waals surface area (Å²) in [6, 6.07) is 8.98. The van der Waals surface area contributed by atoms with Crippen LogP contribution in [0.4, 0.5) is 23.4 Å². The molecule has 3 aromatic carbocycles. The van der Waals surface area contributed by atoms with Gasteiger partial charge in [0.2, 0.25) is 10.0 Å². The van der Waals surface area contributed by atoms with Crippen LogP contribution in [-0.4, -0.2) is 46.5 Å². The monoisotopic (exact) mass is 664 g/mol. The van der Waals surface area contributed by atoms with Crippen LogP contribution in [0.1, 0.15) is 30.3 Å². The Morgan fingerprint density at radius 3 is 2.47 bits per heavy atom. The highest BCUT2D eigenvalue weighted by Gasteiger charge is 2.37. The average Bonchev–Trinajstić information content (AvgIpc) is 3.77. The van der Waals surface area contributed by atoms with E-state index in [9.17, 15) is 30.8 Å². The molecule has 1 aliphatic carbocycles. The van der Waals surface area contributed by atoms with E-state index in [2.05, 4.69) is 14.8 Å². The zero-order chi connectivity index (χ0) is 32.2. The van der Waals surface area contributed by atoms with Gasteiger partial charge >= 0.3 is 0 Å². The molecule has 0 aliphatic heterocycles. The summed E-state index contributed by atoms with van der Waals surface area (Å²) in [6.45, 7) is -0.966. The van der Waals surface area contributed by atoms with Crippen molar-refractivity contribution >= 4 is 49.2 Å². The molecule has 16 heteroatoms. The van der Waals surface area contributed by atoms with Crippen LogP contribution in [0.5, 0.6) is 5.75 Å². The lowest BCUT2D eigenvalue weighted by Crippen LogP contribution is -2.30. The number of hydrogen-bond donors (Lipinski definition) is 2. The van der Waals surface area contributed by atoms with Gasteiger partial charge in [-0.15, -0.1) is 0 Å². The molecule has 5 aromatic rings. The molecule has 45 heavy (non-hydrogen) atoms. The maximum Gasteiger partial charge on any atom is 0.266 e. The van der Waals surface area contributed by atoms with Gasteiger partial charge in [0.25, 0.3) is 12.0 Å². The lowest BCUT2D eigenvalue weighted by Gasteiger charge is -2.20. The molecule has 1 unspecified atom stereocenters. The van der Waals surface area contributed by atoms with Crippen LogP contribution in [0, 0.1) is 11.6 Å². The third-order valence-electron chi connectivity index (χ3n) is 7.39. The van der Waals surface area contributed by atoms with Crippen LogP contribution in [0.15, 0.2) is 53.3 Å². The van der Waals surface area contributed by atoms with Crippen LogP contribution >= 0.6 is 11.6 Å². The number of nitrogens with one attached hydrogen (secondary N) is 1. The highest BCUT2D eigenvalue weighted by atomic mass is 35.5. The lowest BCUT2D eigenvalue weighted by atomic mass is 10.0. The molecule has 1 saturated carbocycles. The first kappa shape index (κ1) is 30.8. The standard InChI is InChI=1S/C29H25ClF4N6O4S/c1-44-17-2-5-19-22(12-17)36-28(21(35)10-14-8-15(31)11-16(32)9-14)40(29(19)41)23-7-6-20(30)25-26(23)39(13-24(33)34)37-27(25)38-45(42,43)18-3-4-18/h2,5-9,11-12,18,21,24H,3-4,10,13,35H2,1H3,(H,37,38). The van der Waals surface area contributed by atoms with E-state index in [-0.39, 0.29) is 56.1 Å². The number of ether oxygens (including phenoxy) is 1. The first-order chi connectivity index (χ1) is 21.4. The largest absolute Gasteiger partial charge is 0.497 e. The Kier molecular flexibility index (Phi) is 7.95. The SMILES string of the molecule is COc1ccc2c(=O)n(-c3ccc(Cl)c4c(NS(=O)(=O)C5CC5)nn(CC(F)F)c34)c(C(N)Cc3cc(F)cc(F)c3)nc2c1. The Balaban J connectivity index is 1.63. The third kappa shape index (κ3) is 5.94. The molecule has 1 aliphatic rings. The molecule has 6 rings (SSSR count). The summed E-state index contributed by atoms with van der Waals surface area (Å²) in [6.07, 6.45) is -2.22. The summed E-state index contributed by atoms with van der Waals surface area (Å²) in [7, 11) is -2.47. The maximum absolute atomic E-state index is 14.2. The number of aromatic nitrogens is 4. The molecule has 10 nitrogen and oxygen atoms in total. The van der Waals surface area contributed by atoms with Crippen LogP contribution in [0.3, 0.4) is 0 Å². The molecular formula is C29H25ClF4N6O4S. The van der Waals surface area contributed by atoms with Crippen LogP contribution in [-0.2, 0) is 23.0 Å². The summed E-state index contributed by atoms with van der Waals surface area (Å²) < 4.78 is 91.0. The predicted molar refractivity (Wildman–Crippen MR) is 161 cm³/mol. The molecule has 0 saturated heterocycles. The van der Waals surface area contributed by atoms with E-state index in [1.807, 2.05) is 0 Å². The van der Waals surface area contributed by atoms with E-state index in [0.717, 1.165) is 21.4 Å². The van der Waals surface area contributed by atoms with Gasteiger partial charge in [-0.05, 0) is 61.2 Å². The van der Waals surface area contributed by atoms with Crippen molar-refractivity contribution in [3.05, 3.63) is 86.9 Å². The zero-order valence-corrected chi connectivity index (χ0v) is 25.0. The van der Waals surface area contributed by atoms with Crippen molar-refractivity contribution in [1.29, 1.82) is 0 Å². The molecule has 0 spiro atoms. The van der Waals surface area contributed by atoms with E-state index in [4.69, 9.17) is 22.1 Å². The Hall–Kier alpha value is -4.21. The van der Waals surface area contributed by atoms with Crippen LogP contribution in [0.2, 0.25) is 5.02 Å². The molecule has 1 atom stereocenters. The molecule has 3 N–H and O–H groups in total. The predicted octanol–water partition coefficient (Wildman–Crippen LogP) is 5.09. The molecule has 1 fully saturated rings. The minimum atomic E-state index is -3.89. The van der Waals surface area contributed by atoms with Crippen molar-refractivity contribution in [2.75, 3.05) is 11.8 Å². The summed E-state index contributed by atoms with van der Waals surface area (Å²) in [5.74, 6) is -1.64. The van der Waals surface area contributed by atoms with Gasteiger partial charge in [0.05, 0.1) is 50.9 Å². The van der Waals surface area contributed by atoms with Gasteiger partial charge in [0.15, 0.2) is 5.82 Å². The number of anilines is 1. The van der Waals surface area contributed by atoms with Gasteiger partial charge in [-0.3, -0.25) is 18.8 Å². The van der Waals surface area contributed by atoms with E-state index in [0.29, 0.717) is 24.7 Å². The van der Waals surface area contributed by atoms with Crippen molar-refractivity contribution in [2.45, 2.75) is 43.5 Å². The van der Waals surface area contributed by atoms with E-state index >= 15 is 0 Å². The number of fused-ring (bicyclic) bond motifs is 2. The van der Waals surface area contributed by atoms with Crippen molar-refractivity contribution in [3.63, 3.8) is 0 Å². The van der Waals surface area contributed by atoms with Crippen molar-refractivity contribution in [3.8, 4) is 11.4 Å². The van der Waals surface area contributed by atoms with Gasteiger partial charge < -0.3 is 10.5 Å². The lowest BCUT2D eigenvalue weighted by molar-refractivity contribution is 0.123. The first-order valence-electron chi connectivity index (χ1n) is 13.7. The van der Waals surface area contributed by atoms with Crippen LogP contribution in [0.25, 0.3) is 27.5 Å². The topological polar surface area (TPSA) is 134 Å². The van der Waals surface area contributed by atoms with Crippen molar-refractivity contribution in [2.24, 2.45) is 5.73 Å². The van der Waals surface area contributed by atoms with Crippen molar-refractivity contribution in [1.82, 2.24) is 19.3 Å². The Labute approximate surface area is 258 Å². The second kappa shape index (κ2) is 11.6. The molecule has 2 heterocycles. The van der Waals surface area contributed by atoms with Gasteiger partial charge in [-0.1, -0.05) is 11.6 Å². The average molecular weight is 665 g/mol. The quantitative estimate of drug-likeness (QED) is 0.199. The minimum absolute atomic E-state index is 0.0182. The molecule has 0 amide bonds. The van der Waals surface area contributed by atoms with E-state index in [1.54, 1.807) is 0 Å². The Morgan fingerprint density at radius 2 is 1.82 bits per heavy atom. The molecule has 0 radical (unpaired) electrons. The molecule has 2 aromatic heterocycles. The second-order valence-corrected chi connectivity index (χ2v) is 13.0. The van der Waals surface area contributed by atoms with Gasteiger partial charge in [-0.2, -0.15) is 5.10 Å². The number of hydrogen-bond acceptors (Lipinski definition) is 7. The Bertz CT molecular complexity index is 2120. The fourth-order valence-electron chi connectivity index (χ4n) is 5.24. The number of nitrogens with two attached hydrogens (primary N) is 1. The van der Waals surface area contributed by atoms with E-state index in [1.165, 1.54) is 37.4 Å². The van der Waals surface area contributed by atoms with Gasteiger partial charge in [0, 0.05) is 12.1 Å². The van der Waals surface area contributed by atoms with Gasteiger partial charge in [-0.25, -0.2) is 31.0 Å². The van der Waals surface area contributed by atoms with Crippen molar-refractivity contribution < 1.29 is 30.7 Å². The van der Waals surface area contributed by atoms with Crippen LogP contribution < -0.4 is 20.8 Å². The number of benzene rings is 3. The summed E-state index contributed by atoms with van der Waals surface area (Å²) in [4.78, 5) is 18.8. The zero-order valence-electron chi connectivity index (χ0n) is 23.5. The highest BCUT2D eigenvalue weighted by molar-refractivity contribution is 7.93. The summed E-state index contributed by atoms with van der Waals surface area (Å²) in [5.41, 5.74) is 6.15. The minimum Gasteiger partial charge on any atom is -0.497 e. The number of alkyl halides is 2. The number of halogens is 5. The number of nitrogens with zero attached hydrogens (tertiary/aromatic N) is 4. The summed E-state index contributed by atoms with van der Waals surface area (Å²) in [5, 5.41) is 3.56. The maximum atomic E-state index is 14.2. The second-order valence-electron chi connectivity index (χ2n) is 10.6. The smallest absolute Gasteiger partial charge is 0.266 e. The number of rotatable bonds is 10. The number of methoxy groups -OCH3 is 1. The Morgan fingerprint density at radius 1 is 1.11 bits per heavy atom. The molecule has 236 valence electrons. The number of sulfonamides is 1. The van der Waals surface area contributed by atoms with Gasteiger partial charge in [0.1, 0.15) is 29.8 Å².